The fourth-order valence-electron chi connectivity index (χ4n) is 1.42. The Hall–Kier alpha value is -1.11. The Bertz CT molecular complexity index is 460. The third-order valence-electron chi connectivity index (χ3n) is 2.50. The maximum atomic E-state index is 11.2. The van der Waals surface area contributed by atoms with Gasteiger partial charge < -0.3 is 10.4 Å². The summed E-state index contributed by atoms with van der Waals surface area (Å²) in [6.07, 6.45) is 0. The van der Waals surface area contributed by atoms with Crippen LogP contribution in [0.5, 0.6) is 5.75 Å². The van der Waals surface area contributed by atoms with E-state index in [2.05, 4.69) is 10.0 Å². The fraction of sp³-hybridized carbons (Fsp3) is 0.455. The number of phenols is 1. The zero-order valence-corrected chi connectivity index (χ0v) is 10.8. The smallest absolute Gasteiger partial charge is 0.212 e. The number of rotatable bonds is 6. The highest BCUT2D eigenvalue weighted by Gasteiger charge is 2.09. The molecular formula is C11H18N2O3S. The number of nitrogens with one attached hydrogen (secondary N) is 2. The minimum atomic E-state index is -3.17. The molecule has 6 heteroatoms. The van der Waals surface area contributed by atoms with E-state index >= 15 is 0 Å². The van der Waals surface area contributed by atoms with Gasteiger partial charge in [-0.2, -0.15) is 0 Å². The predicted molar refractivity (Wildman–Crippen MR) is 67.4 cm³/mol. The maximum absolute atomic E-state index is 11.2. The van der Waals surface area contributed by atoms with Crippen LogP contribution in [0.25, 0.3) is 0 Å². The van der Waals surface area contributed by atoms with Gasteiger partial charge in [0.2, 0.25) is 10.0 Å². The van der Waals surface area contributed by atoms with Crippen molar-refractivity contribution < 1.29 is 13.5 Å². The zero-order valence-electron chi connectivity index (χ0n) is 9.97. The maximum Gasteiger partial charge on any atom is 0.212 e. The third-order valence-corrected chi connectivity index (χ3v) is 3.87. The van der Waals surface area contributed by atoms with Crippen LogP contribution in [-0.2, 0) is 10.0 Å². The van der Waals surface area contributed by atoms with E-state index in [0.717, 1.165) is 5.56 Å². The highest BCUT2D eigenvalue weighted by Crippen LogP contribution is 2.17. The van der Waals surface area contributed by atoms with Crippen LogP contribution in [-0.4, -0.2) is 32.9 Å². The van der Waals surface area contributed by atoms with Gasteiger partial charge in [-0.1, -0.05) is 12.1 Å². The first-order chi connectivity index (χ1) is 7.94. The fourth-order valence-corrected chi connectivity index (χ4v) is 2.01. The number of sulfonamides is 1. The Morgan fingerprint density at radius 3 is 2.71 bits per heavy atom. The molecule has 0 amide bonds. The Balaban J connectivity index is 2.48. The second-order valence-corrected chi connectivity index (χ2v) is 5.84. The summed E-state index contributed by atoms with van der Waals surface area (Å²) >= 11 is 0. The average Bonchev–Trinajstić information content (AvgIpc) is 2.28. The summed E-state index contributed by atoms with van der Waals surface area (Å²) in [5.41, 5.74) is 0.923. The molecule has 5 nitrogen and oxygen atoms in total. The van der Waals surface area contributed by atoms with Gasteiger partial charge in [-0.25, -0.2) is 13.1 Å². The molecule has 3 N–H and O–H groups in total. The molecule has 1 atom stereocenters. The highest BCUT2D eigenvalue weighted by molar-refractivity contribution is 7.89. The van der Waals surface area contributed by atoms with Crippen molar-refractivity contribution in [3.8, 4) is 5.75 Å². The molecule has 0 aliphatic carbocycles. The second-order valence-electron chi connectivity index (χ2n) is 3.79. The molecule has 1 aromatic carbocycles. The van der Waals surface area contributed by atoms with E-state index in [1.165, 1.54) is 7.05 Å². The summed E-state index contributed by atoms with van der Waals surface area (Å²) < 4.78 is 24.6. The van der Waals surface area contributed by atoms with Crippen molar-refractivity contribution >= 4 is 10.0 Å². The normalized spacial score (nSPS) is 13.5. The topological polar surface area (TPSA) is 78.4 Å². The van der Waals surface area contributed by atoms with Crippen LogP contribution < -0.4 is 10.0 Å². The lowest BCUT2D eigenvalue weighted by molar-refractivity contribution is 0.472. The van der Waals surface area contributed by atoms with Crippen molar-refractivity contribution in [3.05, 3.63) is 29.8 Å². The average molecular weight is 258 g/mol. The predicted octanol–water partition coefficient (Wildman–Crippen LogP) is 0.592. The molecule has 0 saturated heterocycles. The molecule has 1 aromatic rings. The van der Waals surface area contributed by atoms with Gasteiger partial charge in [0.05, 0.1) is 5.75 Å². The molecule has 17 heavy (non-hydrogen) atoms. The molecule has 1 unspecified atom stereocenters. The summed E-state index contributed by atoms with van der Waals surface area (Å²) in [4.78, 5) is 0. The SMILES string of the molecule is CNS(=O)(=O)CCNC(C)c1cccc(O)c1. The second kappa shape index (κ2) is 6.00. The largest absolute Gasteiger partial charge is 0.508 e. The Labute approximate surface area is 102 Å². The van der Waals surface area contributed by atoms with E-state index in [-0.39, 0.29) is 17.5 Å². The van der Waals surface area contributed by atoms with Crippen LogP contribution >= 0.6 is 0 Å². The van der Waals surface area contributed by atoms with Gasteiger partial charge in [0.1, 0.15) is 5.75 Å². The number of aromatic hydroxyl groups is 1. The van der Waals surface area contributed by atoms with Gasteiger partial charge >= 0.3 is 0 Å². The molecule has 0 aliphatic rings. The molecule has 0 aromatic heterocycles. The molecular weight excluding hydrogens is 240 g/mol. The molecule has 0 fully saturated rings. The monoisotopic (exact) mass is 258 g/mol. The van der Waals surface area contributed by atoms with Crippen molar-refractivity contribution in [2.75, 3.05) is 19.3 Å². The zero-order chi connectivity index (χ0) is 12.9. The van der Waals surface area contributed by atoms with E-state index < -0.39 is 10.0 Å². The summed E-state index contributed by atoms with van der Waals surface area (Å²) in [5, 5.41) is 12.4. The van der Waals surface area contributed by atoms with E-state index in [1.807, 2.05) is 13.0 Å². The lowest BCUT2D eigenvalue weighted by Crippen LogP contribution is -2.30. The number of phenolic OH excluding ortho intramolecular Hbond substituents is 1. The summed E-state index contributed by atoms with van der Waals surface area (Å²) in [6, 6.07) is 6.89. The molecule has 0 aliphatic heterocycles. The van der Waals surface area contributed by atoms with Gasteiger partial charge in [-0.3, -0.25) is 0 Å². The van der Waals surface area contributed by atoms with Crippen molar-refractivity contribution in [3.63, 3.8) is 0 Å². The van der Waals surface area contributed by atoms with E-state index in [9.17, 15) is 13.5 Å². The van der Waals surface area contributed by atoms with Gasteiger partial charge in [-0.05, 0) is 31.7 Å². The summed E-state index contributed by atoms with van der Waals surface area (Å²) in [7, 11) is -1.77. The number of benzene rings is 1. The quantitative estimate of drug-likeness (QED) is 0.698. The summed E-state index contributed by atoms with van der Waals surface area (Å²) in [5.74, 6) is 0.242. The van der Waals surface area contributed by atoms with Crippen LogP contribution in [0.3, 0.4) is 0 Å². The molecule has 0 heterocycles. The van der Waals surface area contributed by atoms with Crippen molar-refractivity contribution in [2.45, 2.75) is 13.0 Å². The third kappa shape index (κ3) is 4.72. The lowest BCUT2D eigenvalue weighted by Gasteiger charge is -2.14. The van der Waals surface area contributed by atoms with Gasteiger partial charge in [0, 0.05) is 12.6 Å². The van der Waals surface area contributed by atoms with Crippen molar-refractivity contribution in [2.24, 2.45) is 0 Å². The molecule has 0 saturated carbocycles. The van der Waals surface area contributed by atoms with Crippen LogP contribution in [0.4, 0.5) is 0 Å². The molecule has 0 spiro atoms. The number of hydrogen-bond acceptors (Lipinski definition) is 4. The van der Waals surface area contributed by atoms with Gasteiger partial charge in [0.25, 0.3) is 0 Å². The first-order valence-corrected chi connectivity index (χ1v) is 7.03. The van der Waals surface area contributed by atoms with E-state index in [4.69, 9.17) is 0 Å². The minimum Gasteiger partial charge on any atom is -0.508 e. The molecule has 1 rings (SSSR count). The van der Waals surface area contributed by atoms with Crippen LogP contribution in [0.1, 0.15) is 18.5 Å². The lowest BCUT2D eigenvalue weighted by atomic mass is 10.1. The highest BCUT2D eigenvalue weighted by atomic mass is 32.2. The van der Waals surface area contributed by atoms with Gasteiger partial charge in [-0.15, -0.1) is 0 Å². The Kier molecular flexibility index (Phi) is 4.92. The summed E-state index contributed by atoms with van der Waals surface area (Å²) in [6.45, 7) is 2.28. The number of hydrogen-bond donors (Lipinski definition) is 3. The molecule has 0 radical (unpaired) electrons. The standard InChI is InChI=1S/C11H18N2O3S/c1-9(10-4-3-5-11(14)8-10)13-6-7-17(15,16)12-2/h3-5,8-9,12-14H,6-7H2,1-2H3. The Morgan fingerprint density at radius 2 is 2.12 bits per heavy atom. The van der Waals surface area contributed by atoms with Crippen molar-refractivity contribution in [1.29, 1.82) is 0 Å². The molecule has 96 valence electrons. The van der Waals surface area contributed by atoms with E-state index in [1.54, 1.807) is 18.2 Å². The van der Waals surface area contributed by atoms with E-state index in [0.29, 0.717) is 6.54 Å². The first kappa shape index (κ1) is 14.0. The first-order valence-electron chi connectivity index (χ1n) is 5.38. The molecule has 0 bridgehead atoms. The van der Waals surface area contributed by atoms with Crippen LogP contribution in [0.2, 0.25) is 0 Å². The minimum absolute atomic E-state index is 0.00541. The Morgan fingerprint density at radius 1 is 1.41 bits per heavy atom. The van der Waals surface area contributed by atoms with Gasteiger partial charge in [0.15, 0.2) is 0 Å². The van der Waals surface area contributed by atoms with Crippen molar-refractivity contribution in [1.82, 2.24) is 10.0 Å². The van der Waals surface area contributed by atoms with Crippen LogP contribution in [0, 0.1) is 0 Å². The van der Waals surface area contributed by atoms with Crippen LogP contribution in [0.15, 0.2) is 24.3 Å².